The lowest BCUT2D eigenvalue weighted by molar-refractivity contribution is 0.0674. The number of ether oxygens (including phenoxy) is 2. The van der Waals surface area contributed by atoms with Gasteiger partial charge in [-0.05, 0) is 0 Å². The second-order valence-corrected chi connectivity index (χ2v) is 4.78. The number of nitrogens with zero attached hydrogens (tertiary/aromatic N) is 1. The highest BCUT2D eigenvalue weighted by molar-refractivity contribution is 7.88. The number of sulfonamides is 1. The van der Waals surface area contributed by atoms with E-state index < -0.39 is 10.0 Å². The van der Waals surface area contributed by atoms with Crippen molar-refractivity contribution in [2.45, 2.75) is 0 Å². The first-order valence-corrected chi connectivity index (χ1v) is 5.81. The fourth-order valence-corrected chi connectivity index (χ4v) is 1.01. The van der Waals surface area contributed by atoms with Crippen LogP contribution in [0.2, 0.25) is 0 Å². The van der Waals surface area contributed by atoms with Gasteiger partial charge >= 0.3 is 0 Å². The van der Waals surface area contributed by atoms with Gasteiger partial charge in [-0.15, -0.1) is 0 Å². The van der Waals surface area contributed by atoms with Crippen molar-refractivity contribution in [1.82, 2.24) is 4.31 Å². The number of hydrogen-bond acceptors (Lipinski definition) is 4. The molecule has 0 spiro atoms. The average Bonchev–Trinajstić information content (AvgIpc) is 2.02. The minimum atomic E-state index is -3.07. The maximum Gasteiger partial charge on any atom is 0.211 e. The van der Waals surface area contributed by atoms with Gasteiger partial charge in [0.05, 0.1) is 26.1 Å². The van der Waals surface area contributed by atoms with Crippen LogP contribution < -0.4 is 0 Å². The third kappa shape index (κ3) is 6.94. The highest BCUT2D eigenvalue weighted by Gasteiger charge is 2.09. The standard InChI is InChI=1S/C7H17NO4S/c1-8(13(3,9)10)4-5-12-7-6-11-2/h4-7H2,1-3H3. The fraction of sp³-hybridized carbons (Fsp3) is 1.00. The minimum Gasteiger partial charge on any atom is -0.382 e. The Labute approximate surface area is 79.7 Å². The lowest BCUT2D eigenvalue weighted by Gasteiger charge is -2.13. The molecule has 0 radical (unpaired) electrons. The summed E-state index contributed by atoms with van der Waals surface area (Å²) in [6.45, 7) is 1.80. The van der Waals surface area contributed by atoms with Crippen LogP contribution in [0.15, 0.2) is 0 Å². The second-order valence-electron chi connectivity index (χ2n) is 2.69. The summed E-state index contributed by atoms with van der Waals surface area (Å²) in [4.78, 5) is 0. The molecule has 0 unspecified atom stereocenters. The molecule has 0 aliphatic carbocycles. The molecule has 0 aromatic carbocycles. The molecule has 0 heterocycles. The second kappa shape index (κ2) is 6.31. The smallest absolute Gasteiger partial charge is 0.211 e. The molecule has 13 heavy (non-hydrogen) atoms. The van der Waals surface area contributed by atoms with E-state index in [2.05, 4.69) is 0 Å². The van der Waals surface area contributed by atoms with Crippen molar-refractivity contribution in [1.29, 1.82) is 0 Å². The van der Waals surface area contributed by atoms with Crippen LogP contribution in [-0.4, -0.2) is 59.5 Å². The predicted octanol–water partition coefficient (Wildman–Crippen LogP) is -0.459. The van der Waals surface area contributed by atoms with E-state index in [0.717, 1.165) is 0 Å². The fourth-order valence-electron chi connectivity index (χ4n) is 0.603. The number of hydrogen-bond donors (Lipinski definition) is 0. The van der Waals surface area contributed by atoms with Crippen molar-refractivity contribution in [2.24, 2.45) is 0 Å². The Morgan fingerprint density at radius 3 is 2.31 bits per heavy atom. The first-order chi connectivity index (χ1) is 5.98. The zero-order valence-corrected chi connectivity index (χ0v) is 9.13. The maximum atomic E-state index is 10.9. The Hall–Kier alpha value is -0.170. The molecular weight excluding hydrogens is 194 g/mol. The molecule has 0 aliphatic rings. The summed E-state index contributed by atoms with van der Waals surface area (Å²) in [6, 6.07) is 0. The summed E-state index contributed by atoms with van der Waals surface area (Å²) < 4.78 is 32.9. The Bertz CT molecular complexity index is 215. The Morgan fingerprint density at radius 2 is 1.85 bits per heavy atom. The van der Waals surface area contributed by atoms with Gasteiger partial charge in [0.25, 0.3) is 0 Å². The molecule has 0 atom stereocenters. The minimum absolute atomic E-state index is 0.378. The molecule has 0 aromatic heterocycles. The van der Waals surface area contributed by atoms with E-state index in [1.807, 2.05) is 0 Å². The van der Waals surface area contributed by atoms with Gasteiger partial charge in [0.2, 0.25) is 10.0 Å². The van der Waals surface area contributed by atoms with Crippen LogP contribution >= 0.6 is 0 Å². The molecule has 0 aromatic rings. The summed E-state index contributed by atoms with van der Waals surface area (Å²) >= 11 is 0. The van der Waals surface area contributed by atoms with Gasteiger partial charge in [-0.1, -0.05) is 0 Å². The van der Waals surface area contributed by atoms with E-state index in [4.69, 9.17) is 9.47 Å². The lowest BCUT2D eigenvalue weighted by Crippen LogP contribution is -2.29. The monoisotopic (exact) mass is 211 g/mol. The van der Waals surface area contributed by atoms with Crippen LogP contribution in [0, 0.1) is 0 Å². The van der Waals surface area contributed by atoms with Gasteiger partial charge in [0.15, 0.2) is 0 Å². The molecule has 0 saturated heterocycles. The highest BCUT2D eigenvalue weighted by atomic mass is 32.2. The van der Waals surface area contributed by atoms with E-state index in [1.165, 1.54) is 17.6 Å². The molecule has 0 amide bonds. The summed E-state index contributed by atoms with van der Waals surface area (Å²) in [5.41, 5.74) is 0. The Morgan fingerprint density at radius 1 is 1.23 bits per heavy atom. The van der Waals surface area contributed by atoms with Crippen LogP contribution in [0.5, 0.6) is 0 Å². The quantitative estimate of drug-likeness (QED) is 0.535. The van der Waals surface area contributed by atoms with Crippen molar-refractivity contribution < 1.29 is 17.9 Å². The molecule has 6 heteroatoms. The zero-order valence-electron chi connectivity index (χ0n) is 8.32. The van der Waals surface area contributed by atoms with E-state index in [9.17, 15) is 8.42 Å². The SMILES string of the molecule is COCCOCCN(C)S(C)(=O)=O. The van der Waals surface area contributed by atoms with Crippen LogP contribution in [0.25, 0.3) is 0 Å². The largest absolute Gasteiger partial charge is 0.382 e. The van der Waals surface area contributed by atoms with Gasteiger partial charge < -0.3 is 9.47 Å². The molecule has 80 valence electrons. The molecule has 0 fully saturated rings. The summed E-state index contributed by atoms with van der Waals surface area (Å²) in [6.07, 6.45) is 1.17. The molecule has 0 saturated carbocycles. The van der Waals surface area contributed by atoms with Crippen LogP contribution in [0.3, 0.4) is 0 Å². The van der Waals surface area contributed by atoms with Gasteiger partial charge in [-0.2, -0.15) is 0 Å². The maximum absolute atomic E-state index is 10.9. The molecule has 0 rings (SSSR count). The summed E-state index contributed by atoms with van der Waals surface area (Å²) in [5.74, 6) is 0. The van der Waals surface area contributed by atoms with Crippen molar-refractivity contribution in [3.05, 3.63) is 0 Å². The molecule has 0 aliphatic heterocycles. The average molecular weight is 211 g/mol. The zero-order chi connectivity index (χ0) is 10.3. The molecular formula is C7H17NO4S. The first-order valence-electron chi connectivity index (χ1n) is 3.96. The van der Waals surface area contributed by atoms with Gasteiger partial charge in [0, 0.05) is 20.7 Å². The van der Waals surface area contributed by atoms with Crippen molar-refractivity contribution in [3.63, 3.8) is 0 Å². The van der Waals surface area contributed by atoms with E-state index in [0.29, 0.717) is 26.4 Å². The molecule has 5 nitrogen and oxygen atoms in total. The van der Waals surface area contributed by atoms with E-state index >= 15 is 0 Å². The third-order valence-electron chi connectivity index (χ3n) is 1.55. The Kier molecular flexibility index (Phi) is 6.23. The predicted molar refractivity (Wildman–Crippen MR) is 50.2 cm³/mol. The third-order valence-corrected chi connectivity index (χ3v) is 2.86. The topological polar surface area (TPSA) is 55.8 Å². The highest BCUT2D eigenvalue weighted by Crippen LogP contribution is 1.91. The van der Waals surface area contributed by atoms with Gasteiger partial charge in [-0.25, -0.2) is 12.7 Å². The Balaban J connectivity index is 3.44. The first kappa shape index (κ1) is 12.8. The number of likely N-dealkylation sites (N-methyl/N-ethyl adjacent to an activating group) is 1. The van der Waals surface area contributed by atoms with Gasteiger partial charge in [0.1, 0.15) is 0 Å². The van der Waals surface area contributed by atoms with Crippen molar-refractivity contribution in [3.8, 4) is 0 Å². The van der Waals surface area contributed by atoms with Crippen LogP contribution in [0.1, 0.15) is 0 Å². The summed E-state index contributed by atoms with van der Waals surface area (Å²) in [7, 11) is 0.0386. The van der Waals surface area contributed by atoms with Crippen LogP contribution in [0.4, 0.5) is 0 Å². The van der Waals surface area contributed by atoms with Crippen molar-refractivity contribution in [2.75, 3.05) is 46.8 Å². The van der Waals surface area contributed by atoms with Gasteiger partial charge in [-0.3, -0.25) is 0 Å². The normalized spacial score (nSPS) is 12.3. The van der Waals surface area contributed by atoms with E-state index in [1.54, 1.807) is 7.11 Å². The molecule has 0 N–H and O–H groups in total. The number of rotatable bonds is 7. The molecule has 0 bridgehead atoms. The van der Waals surface area contributed by atoms with Crippen molar-refractivity contribution >= 4 is 10.0 Å². The lowest BCUT2D eigenvalue weighted by atomic mass is 10.7. The summed E-state index contributed by atoms with van der Waals surface area (Å²) in [5, 5.41) is 0. The number of methoxy groups -OCH3 is 1. The van der Waals surface area contributed by atoms with E-state index in [-0.39, 0.29) is 0 Å². The van der Waals surface area contributed by atoms with Crippen LogP contribution in [-0.2, 0) is 19.5 Å².